The molecular weight excluding hydrogens is 251 g/mol. The molecule has 0 fully saturated rings. The van der Waals surface area contributed by atoms with Gasteiger partial charge >= 0.3 is 5.97 Å². The van der Waals surface area contributed by atoms with Gasteiger partial charge in [-0.2, -0.15) is 0 Å². The van der Waals surface area contributed by atoms with Crippen molar-refractivity contribution >= 4 is 11.9 Å². The molecule has 0 atom stereocenters. The molecule has 1 aromatic rings. The Balaban J connectivity index is 3.10. The van der Waals surface area contributed by atoms with E-state index in [0.717, 1.165) is 11.0 Å². The quantitative estimate of drug-likeness (QED) is 0.838. The van der Waals surface area contributed by atoms with Crippen LogP contribution in [0.4, 0.5) is 13.2 Å². The van der Waals surface area contributed by atoms with Crippen molar-refractivity contribution in [1.29, 1.82) is 0 Å². The fraction of sp³-hybridized carbons (Fsp3) is 0.273. The normalized spacial score (nSPS) is 10.2. The first-order valence-corrected chi connectivity index (χ1v) is 5.03. The summed E-state index contributed by atoms with van der Waals surface area (Å²) in [6, 6.07) is 1.39. The maximum absolute atomic E-state index is 13.3. The summed E-state index contributed by atoms with van der Waals surface area (Å²) >= 11 is 0. The molecule has 4 nitrogen and oxygen atoms in total. The zero-order valence-corrected chi connectivity index (χ0v) is 9.41. The van der Waals surface area contributed by atoms with Crippen LogP contribution in [-0.2, 0) is 4.79 Å². The van der Waals surface area contributed by atoms with E-state index < -0.39 is 41.4 Å². The molecule has 7 heteroatoms. The molecule has 0 saturated carbocycles. The molecule has 0 aliphatic rings. The van der Waals surface area contributed by atoms with Crippen molar-refractivity contribution in [3.05, 3.63) is 35.1 Å². The summed E-state index contributed by atoms with van der Waals surface area (Å²) in [7, 11) is 0. The molecule has 18 heavy (non-hydrogen) atoms. The van der Waals surface area contributed by atoms with E-state index in [4.69, 9.17) is 5.11 Å². The molecule has 1 amide bonds. The second-order valence-electron chi connectivity index (χ2n) is 3.44. The molecule has 0 unspecified atom stereocenters. The van der Waals surface area contributed by atoms with Gasteiger partial charge in [0.1, 0.15) is 6.54 Å². The van der Waals surface area contributed by atoms with Gasteiger partial charge in [-0.3, -0.25) is 9.59 Å². The van der Waals surface area contributed by atoms with Gasteiger partial charge in [-0.1, -0.05) is 0 Å². The van der Waals surface area contributed by atoms with Gasteiger partial charge in [0.05, 0.1) is 5.56 Å². The minimum atomic E-state index is -1.76. The number of halogens is 3. The Hall–Kier alpha value is -2.05. The van der Waals surface area contributed by atoms with Crippen molar-refractivity contribution in [2.75, 3.05) is 13.1 Å². The highest BCUT2D eigenvalue weighted by molar-refractivity contribution is 5.96. The van der Waals surface area contributed by atoms with E-state index in [9.17, 15) is 22.8 Å². The molecule has 0 bridgehead atoms. The van der Waals surface area contributed by atoms with Gasteiger partial charge in [0.15, 0.2) is 17.5 Å². The molecule has 0 aromatic heterocycles. The summed E-state index contributed by atoms with van der Waals surface area (Å²) in [5.74, 6) is -7.08. The predicted octanol–water partition coefficient (Wildman–Crippen LogP) is 1.65. The molecule has 0 spiro atoms. The van der Waals surface area contributed by atoms with Crippen LogP contribution in [0.1, 0.15) is 17.3 Å². The Morgan fingerprint density at radius 1 is 1.22 bits per heavy atom. The lowest BCUT2D eigenvalue weighted by molar-refractivity contribution is -0.137. The zero-order valence-electron chi connectivity index (χ0n) is 9.41. The van der Waals surface area contributed by atoms with Gasteiger partial charge in [-0.05, 0) is 19.1 Å². The third kappa shape index (κ3) is 2.79. The number of aliphatic carboxylic acids is 1. The number of likely N-dealkylation sites (N-methyl/N-ethyl adjacent to an activating group) is 1. The van der Waals surface area contributed by atoms with Crippen LogP contribution in [0.5, 0.6) is 0 Å². The topological polar surface area (TPSA) is 57.6 Å². The van der Waals surface area contributed by atoms with E-state index in [1.54, 1.807) is 0 Å². The number of carboxylic acids is 1. The third-order valence-corrected chi connectivity index (χ3v) is 2.26. The van der Waals surface area contributed by atoms with Gasteiger partial charge in [0.25, 0.3) is 5.91 Å². The maximum atomic E-state index is 13.3. The van der Waals surface area contributed by atoms with Crippen LogP contribution >= 0.6 is 0 Å². The highest BCUT2D eigenvalue weighted by atomic mass is 19.2. The molecule has 0 aliphatic heterocycles. The van der Waals surface area contributed by atoms with Crippen LogP contribution in [-0.4, -0.2) is 35.0 Å². The summed E-state index contributed by atoms with van der Waals surface area (Å²) in [4.78, 5) is 23.0. The Kier molecular flexibility index (Phi) is 4.30. The average molecular weight is 261 g/mol. The molecule has 0 saturated heterocycles. The first-order chi connectivity index (χ1) is 8.38. The number of carboxylic acid groups (broad SMARTS) is 1. The standard InChI is InChI=1S/C11H10F3NO3/c1-2-15(5-8(16)17)11(18)6-3-4-7(12)10(14)9(6)13/h3-4H,2,5H2,1H3,(H,16,17). The molecule has 0 heterocycles. The highest BCUT2D eigenvalue weighted by Crippen LogP contribution is 2.16. The van der Waals surface area contributed by atoms with E-state index >= 15 is 0 Å². The van der Waals surface area contributed by atoms with E-state index in [1.807, 2.05) is 0 Å². The fourth-order valence-corrected chi connectivity index (χ4v) is 1.35. The smallest absolute Gasteiger partial charge is 0.323 e. The lowest BCUT2D eigenvalue weighted by atomic mass is 10.1. The number of carbonyl (C=O) groups excluding carboxylic acids is 1. The monoisotopic (exact) mass is 261 g/mol. The van der Waals surface area contributed by atoms with Crippen LogP contribution < -0.4 is 0 Å². The molecule has 1 aromatic carbocycles. The average Bonchev–Trinajstić information content (AvgIpc) is 2.32. The summed E-state index contributed by atoms with van der Waals surface area (Å²) in [5.41, 5.74) is -0.697. The maximum Gasteiger partial charge on any atom is 0.323 e. The Morgan fingerprint density at radius 3 is 2.33 bits per heavy atom. The zero-order chi connectivity index (χ0) is 13.9. The van der Waals surface area contributed by atoms with Crippen molar-refractivity contribution in [1.82, 2.24) is 4.90 Å². The largest absolute Gasteiger partial charge is 0.480 e. The third-order valence-electron chi connectivity index (χ3n) is 2.26. The number of nitrogens with zero attached hydrogens (tertiary/aromatic N) is 1. The van der Waals surface area contributed by atoms with Crippen LogP contribution in [0.25, 0.3) is 0 Å². The number of carbonyl (C=O) groups is 2. The van der Waals surface area contributed by atoms with Crippen molar-refractivity contribution < 1.29 is 27.9 Å². The second kappa shape index (κ2) is 5.52. The fourth-order valence-electron chi connectivity index (χ4n) is 1.35. The van der Waals surface area contributed by atoms with Gasteiger partial charge in [0.2, 0.25) is 0 Å². The van der Waals surface area contributed by atoms with Crippen LogP contribution in [0.3, 0.4) is 0 Å². The summed E-state index contributed by atoms with van der Waals surface area (Å²) in [6.45, 7) is 0.843. The van der Waals surface area contributed by atoms with Gasteiger partial charge in [0, 0.05) is 6.54 Å². The summed E-state index contributed by atoms with van der Waals surface area (Å²) in [6.07, 6.45) is 0. The van der Waals surface area contributed by atoms with Crippen LogP contribution in [0.2, 0.25) is 0 Å². The second-order valence-corrected chi connectivity index (χ2v) is 3.44. The molecule has 1 rings (SSSR count). The summed E-state index contributed by atoms with van der Waals surface area (Å²) in [5, 5.41) is 8.56. The minimum absolute atomic E-state index is 0.00354. The number of hydrogen-bond donors (Lipinski definition) is 1. The highest BCUT2D eigenvalue weighted by Gasteiger charge is 2.23. The minimum Gasteiger partial charge on any atom is -0.480 e. The number of amides is 1. The molecule has 1 N–H and O–H groups in total. The van der Waals surface area contributed by atoms with Crippen molar-refractivity contribution in [2.24, 2.45) is 0 Å². The van der Waals surface area contributed by atoms with Crippen LogP contribution in [0.15, 0.2) is 12.1 Å². The Labute approximate surface area is 101 Å². The lowest BCUT2D eigenvalue weighted by Gasteiger charge is -2.18. The van der Waals surface area contributed by atoms with E-state index in [0.29, 0.717) is 6.07 Å². The van der Waals surface area contributed by atoms with Gasteiger partial charge in [-0.25, -0.2) is 13.2 Å². The van der Waals surface area contributed by atoms with Crippen molar-refractivity contribution in [3.63, 3.8) is 0 Å². The van der Waals surface area contributed by atoms with E-state index in [-0.39, 0.29) is 6.54 Å². The number of hydrogen-bond acceptors (Lipinski definition) is 2. The van der Waals surface area contributed by atoms with E-state index in [1.165, 1.54) is 6.92 Å². The molecule has 0 radical (unpaired) electrons. The predicted molar refractivity (Wildman–Crippen MR) is 55.5 cm³/mol. The van der Waals surface area contributed by atoms with Gasteiger partial charge < -0.3 is 10.0 Å². The number of rotatable bonds is 4. The first kappa shape index (κ1) is 14.0. The lowest BCUT2D eigenvalue weighted by Crippen LogP contribution is -2.36. The van der Waals surface area contributed by atoms with Crippen molar-refractivity contribution in [2.45, 2.75) is 6.92 Å². The SMILES string of the molecule is CCN(CC(=O)O)C(=O)c1ccc(F)c(F)c1F. The molecule has 0 aliphatic carbocycles. The van der Waals surface area contributed by atoms with Crippen LogP contribution in [0, 0.1) is 17.5 Å². The number of benzene rings is 1. The molecular formula is C11H10F3NO3. The van der Waals surface area contributed by atoms with E-state index in [2.05, 4.69) is 0 Å². The molecule has 98 valence electrons. The van der Waals surface area contributed by atoms with Gasteiger partial charge in [-0.15, -0.1) is 0 Å². The Morgan fingerprint density at radius 2 is 1.83 bits per heavy atom. The summed E-state index contributed by atoms with van der Waals surface area (Å²) < 4.78 is 39.0. The first-order valence-electron chi connectivity index (χ1n) is 5.03. The Bertz CT molecular complexity index is 491. The van der Waals surface area contributed by atoms with Crippen molar-refractivity contribution in [3.8, 4) is 0 Å².